The molecule has 2 aliphatic heterocycles. The minimum Gasteiger partial charge on any atom is -0.495 e. The van der Waals surface area contributed by atoms with E-state index in [1.165, 1.54) is 18.7 Å². The van der Waals surface area contributed by atoms with Gasteiger partial charge in [-0.25, -0.2) is 4.79 Å². The van der Waals surface area contributed by atoms with Gasteiger partial charge in [0.1, 0.15) is 24.0 Å². The van der Waals surface area contributed by atoms with E-state index in [9.17, 15) is 19.2 Å². The van der Waals surface area contributed by atoms with Crippen LogP contribution in [0.5, 0.6) is 5.75 Å². The minimum atomic E-state index is -1.21. The van der Waals surface area contributed by atoms with Gasteiger partial charge in [-0.15, -0.1) is 0 Å². The van der Waals surface area contributed by atoms with Crippen LogP contribution in [-0.4, -0.2) is 91.3 Å². The molecule has 0 unspecified atom stereocenters. The molecule has 314 valence electrons. The second kappa shape index (κ2) is 20.6. The Balaban J connectivity index is 1.54. The van der Waals surface area contributed by atoms with Crippen molar-refractivity contribution in [1.29, 1.82) is 0 Å². The third-order valence-electron chi connectivity index (χ3n) is 10.00. The lowest BCUT2D eigenvalue weighted by molar-refractivity contribution is -0.179. The van der Waals surface area contributed by atoms with Crippen molar-refractivity contribution in [1.82, 2.24) is 15.5 Å². The number of rotatable bonds is 14. The quantitative estimate of drug-likeness (QED) is 0.112. The molecule has 1 fully saturated rings. The Bertz CT molecular complexity index is 1740. The molecule has 14 heteroatoms. The molecule has 0 spiro atoms. The summed E-state index contributed by atoms with van der Waals surface area (Å²) in [6, 6.07) is 12.6. The number of benzene rings is 2. The molecule has 2 N–H and O–H groups in total. The molecule has 2 amide bonds. The van der Waals surface area contributed by atoms with Crippen LogP contribution >= 0.6 is 33.2 Å². The summed E-state index contributed by atoms with van der Waals surface area (Å²) in [5, 5.41) is 5.96. The van der Waals surface area contributed by atoms with Gasteiger partial charge >= 0.3 is 11.9 Å². The van der Waals surface area contributed by atoms with Crippen LogP contribution in [0.1, 0.15) is 84.1 Å². The first-order valence-electron chi connectivity index (χ1n) is 19.5. The normalized spacial score (nSPS) is 24.1. The number of esters is 2. The third kappa shape index (κ3) is 13.9. The average Bonchev–Trinajstić information content (AvgIpc) is 3.93. The summed E-state index contributed by atoms with van der Waals surface area (Å²) in [5.74, 6) is -2.11. The Morgan fingerprint density at radius 2 is 1.72 bits per heavy atom. The molecular weight excluding hydrogens is 786 g/mol. The summed E-state index contributed by atoms with van der Waals surface area (Å²) in [6.45, 7) is 15.3. The number of hydrogen-bond acceptors (Lipinski definition) is 11. The van der Waals surface area contributed by atoms with Gasteiger partial charge in [-0.2, -0.15) is 0 Å². The highest BCUT2D eigenvalue weighted by atomic mass is 35.5. The van der Waals surface area contributed by atoms with E-state index < -0.39 is 47.4 Å². The van der Waals surface area contributed by atoms with Gasteiger partial charge in [0.15, 0.2) is 6.10 Å². The number of amides is 2. The van der Waals surface area contributed by atoms with Crippen LogP contribution in [0.4, 0.5) is 0 Å². The van der Waals surface area contributed by atoms with E-state index in [-0.39, 0.29) is 54.6 Å². The standard InChI is InChI=1S/C43H60ClN3O8S2/c1-26(2)20-35-40(50)53-33(27(3)37-38(55-37)30-17-14-28(15-18-30)23-47(8)25-43(6,7)57-56-10)12-11-13-36(48)46-32(22-29-16-19-34(52-9)31(44)21-29)39(49)45-24-42(4,5)41(51)54-35/h11,13-19,21,26-27,32-33,35,37-38H,12,20,22-25H2,1-10H3,(H,45,49)(H,46,48)/t27-,32+,33-,35-,37+,38+/m0/s1. The number of ether oxygens (including phenoxy) is 4. The number of halogens is 1. The van der Waals surface area contributed by atoms with Crippen molar-refractivity contribution >= 4 is 56.9 Å². The number of cyclic esters (lactones) is 2. The van der Waals surface area contributed by atoms with E-state index in [0.717, 1.165) is 18.7 Å². The fourth-order valence-corrected chi connectivity index (χ4v) is 9.42. The monoisotopic (exact) mass is 845 g/mol. The molecule has 0 radical (unpaired) electrons. The van der Waals surface area contributed by atoms with Gasteiger partial charge in [-0.05, 0) is 88.2 Å². The summed E-state index contributed by atoms with van der Waals surface area (Å²) in [5.41, 5.74) is 1.72. The van der Waals surface area contributed by atoms with Gasteiger partial charge in [-0.1, -0.05) is 90.4 Å². The Morgan fingerprint density at radius 1 is 1.04 bits per heavy atom. The smallest absolute Gasteiger partial charge is 0.347 e. The topological polar surface area (TPSA) is 136 Å². The van der Waals surface area contributed by atoms with Crippen LogP contribution in [0.3, 0.4) is 0 Å². The third-order valence-corrected chi connectivity index (χ3v) is 12.9. The highest BCUT2D eigenvalue weighted by Crippen LogP contribution is 2.45. The van der Waals surface area contributed by atoms with E-state index in [0.29, 0.717) is 16.3 Å². The molecule has 0 saturated carbocycles. The summed E-state index contributed by atoms with van der Waals surface area (Å²) in [7, 11) is 7.30. The van der Waals surface area contributed by atoms with Crippen molar-refractivity contribution in [2.75, 3.05) is 33.5 Å². The Morgan fingerprint density at radius 3 is 2.35 bits per heavy atom. The first kappa shape index (κ1) is 46.5. The maximum absolute atomic E-state index is 13.8. The van der Waals surface area contributed by atoms with Crippen molar-refractivity contribution in [3.05, 3.63) is 76.3 Å². The molecule has 0 bridgehead atoms. The molecule has 2 aromatic carbocycles. The maximum Gasteiger partial charge on any atom is 0.347 e. The predicted molar refractivity (Wildman–Crippen MR) is 228 cm³/mol. The van der Waals surface area contributed by atoms with Crippen LogP contribution in [0, 0.1) is 17.3 Å². The number of methoxy groups -OCH3 is 1. The van der Waals surface area contributed by atoms with Crippen LogP contribution in [-0.2, 0) is 46.4 Å². The molecule has 2 heterocycles. The summed E-state index contributed by atoms with van der Waals surface area (Å²) >= 11 is 6.36. The van der Waals surface area contributed by atoms with Crippen LogP contribution < -0.4 is 15.4 Å². The van der Waals surface area contributed by atoms with Gasteiger partial charge in [0.25, 0.3) is 0 Å². The van der Waals surface area contributed by atoms with E-state index in [2.05, 4.69) is 66.9 Å². The molecule has 1 saturated heterocycles. The highest BCUT2D eigenvalue weighted by molar-refractivity contribution is 8.77. The molecule has 4 rings (SSSR count). The van der Waals surface area contributed by atoms with Crippen molar-refractivity contribution < 1.29 is 38.1 Å². The minimum absolute atomic E-state index is 0.00932. The summed E-state index contributed by atoms with van der Waals surface area (Å²) in [6.07, 6.45) is 3.32. The fourth-order valence-electron chi connectivity index (χ4n) is 6.90. The van der Waals surface area contributed by atoms with E-state index >= 15 is 0 Å². The average molecular weight is 847 g/mol. The van der Waals surface area contributed by atoms with Crippen molar-refractivity contribution in [3.8, 4) is 5.75 Å². The Hall–Kier alpha value is -3.23. The van der Waals surface area contributed by atoms with E-state index in [1.54, 1.807) is 48.9 Å². The number of carbonyl (C=O) groups is 4. The fraction of sp³-hybridized carbons (Fsp3) is 0.581. The number of nitrogens with zero attached hydrogens (tertiary/aromatic N) is 1. The van der Waals surface area contributed by atoms with Crippen LogP contribution in [0.25, 0.3) is 0 Å². The zero-order chi connectivity index (χ0) is 42.1. The lowest BCUT2D eigenvalue weighted by Gasteiger charge is -2.29. The first-order valence-corrected chi connectivity index (χ1v) is 22.4. The molecule has 2 aromatic rings. The molecule has 57 heavy (non-hydrogen) atoms. The van der Waals surface area contributed by atoms with E-state index in [1.807, 2.05) is 31.6 Å². The molecule has 0 aromatic heterocycles. The summed E-state index contributed by atoms with van der Waals surface area (Å²) in [4.78, 5) is 56.6. The van der Waals surface area contributed by atoms with Crippen LogP contribution in [0.15, 0.2) is 54.6 Å². The number of hydrogen-bond donors (Lipinski definition) is 2. The lowest BCUT2D eigenvalue weighted by atomic mass is 9.92. The van der Waals surface area contributed by atoms with Crippen molar-refractivity contribution in [2.45, 2.75) is 109 Å². The number of nitrogens with one attached hydrogen (secondary N) is 2. The SMILES string of the molecule is COc1ccc(C[C@H]2NC(=O)C=CC[C@@H]([C@H](C)[C@H]3O[C@@H]3c3ccc(CN(C)CC(C)(C)SSC)cc3)OC(=O)[C@H](CC(C)C)OC(=O)C(C)(C)CNC2=O)cc1Cl. The Kier molecular flexibility index (Phi) is 16.8. The number of epoxide rings is 1. The van der Waals surface area contributed by atoms with E-state index in [4.69, 9.17) is 30.5 Å². The predicted octanol–water partition coefficient (Wildman–Crippen LogP) is 7.35. The van der Waals surface area contributed by atoms with Crippen LogP contribution in [0.2, 0.25) is 5.02 Å². The van der Waals surface area contributed by atoms with Gasteiger partial charge in [0.2, 0.25) is 11.8 Å². The maximum atomic E-state index is 13.8. The summed E-state index contributed by atoms with van der Waals surface area (Å²) < 4.78 is 23.6. The lowest BCUT2D eigenvalue weighted by Crippen LogP contribution is -2.51. The number of carbonyl (C=O) groups excluding carboxylic acids is 4. The largest absolute Gasteiger partial charge is 0.495 e. The molecule has 6 atom stereocenters. The van der Waals surface area contributed by atoms with Gasteiger partial charge in [0.05, 0.1) is 23.7 Å². The zero-order valence-corrected chi connectivity index (χ0v) is 37.3. The van der Waals surface area contributed by atoms with Crippen molar-refractivity contribution in [3.63, 3.8) is 0 Å². The first-order chi connectivity index (χ1) is 26.8. The Labute approximate surface area is 351 Å². The second-order valence-electron chi connectivity index (χ2n) is 16.8. The molecular formula is C43H60ClN3O8S2. The van der Waals surface area contributed by atoms with Gasteiger partial charge < -0.3 is 34.5 Å². The molecule has 2 aliphatic rings. The van der Waals surface area contributed by atoms with Gasteiger partial charge in [-0.3, -0.25) is 14.4 Å². The molecule has 0 aliphatic carbocycles. The second-order valence-corrected chi connectivity index (χ2v) is 20.3. The zero-order valence-electron chi connectivity index (χ0n) is 34.9. The molecule has 11 nitrogen and oxygen atoms in total. The highest BCUT2D eigenvalue weighted by Gasteiger charge is 2.48. The van der Waals surface area contributed by atoms with Crippen molar-refractivity contribution in [2.24, 2.45) is 17.3 Å². The van der Waals surface area contributed by atoms with Gasteiger partial charge in [0, 0.05) is 43.1 Å².